The zero-order valence-corrected chi connectivity index (χ0v) is 50.1. The molecule has 6 heteroatoms. The average molecular weight is 1050 g/mol. The number of rotatable bonds is 60. The van der Waals surface area contributed by atoms with Crippen LogP contribution in [0, 0.1) is 0 Å². The average Bonchev–Trinajstić information content (AvgIpc) is 3.41. The van der Waals surface area contributed by atoms with E-state index in [2.05, 4.69) is 81.5 Å². The Morgan fingerprint density at radius 1 is 0.280 bits per heavy atom. The lowest BCUT2D eigenvalue weighted by molar-refractivity contribution is -0.167. The lowest BCUT2D eigenvalue weighted by atomic mass is 10.0. The summed E-state index contributed by atoms with van der Waals surface area (Å²) < 4.78 is 16.9. The van der Waals surface area contributed by atoms with Crippen molar-refractivity contribution in [3.8, 4) is 0 Å². The lowest BCUT2D eigenvalue weighted by Gasteiger charge is -2.18. The number of carbonyl (C=O) groups excluding carboxylic acids is 3. The highest BCUT2D eigenvalue weighted by molar-refractivity contribution is 5.71. The van der Waals surface area contributed by atoms with Crippen LogP contribution in [0.3, 0.4) is 0 Å². The third kappa shape index (κ3) is 61.8. The van der Waals surface area contributed by atoms with Gasteiger partial charge in [0.1, 0.15) is 13.2 Å². The van der Waals surface area contributed by atoms with Crippen LogP contribution in [0.5, 0.6) is 0 Å². The van der Waals surface area contributed by atoms with Crippen molar-refractivity contribution in [2.75, 3.05) is 13.2 Å². The minimum atomic E-state index is -0.795. The summed E-state index contributed by atoms with van der Waals surface area (Å²) in [6.45, 7) is 6.54. The lowest BCUT2D eigenvalue weighted by Crippen LogP contribution is -2.30. The van der Waals surface area contributed by atoms with E-state index in [1.54, 1.807) is 0 Å². The van der Waals surface area contributed by atoms with Crippen molar-refractivity contribution >= 4 is 17.9 Å². The van der Waals surface area contributed by atoms with E-state index >= 15 is 0 Å². The van der Waals surface area contributed by atoms with Crippen LogP contribution in [-0.2, 0) is 28.6 Å². The smallest absolute Gasteiger partial charge is 0.306 e. The van der Waals surface area contributed by atoms with Crippen molar-refractivity contribution in [1.29, 1.82) is 0 Å². The van der Waals surface area contributed by atoms with E-state index < -0.39 is 6.10 Å². The van der Waals surface area contributed by atoms with Gasteiger partial charge in [0, 0.05) is 19.3 Å². The fourth-order valence-corrected chi connectivity index (χ4v) is 9.66. The maximum Gasteiger partial charge on any atom is 0.306 e. The minimum Gasteiger partial charge on any atom is -0.462 e. The number of unbranched alkanes of at least 4 members (excludes halogenated alkanes) is 39. The first-order valence-corrected chi connectivity index (χ1v) is 32.8. The summed E-state index contributed by atoms with van der Waals surface area (Å²) in [5.41, 5.74) is 0. The molecule has 0 aromatic rings. The molecule has 0 bridgehead atoms. The highest BCUT2D eigenvalue weighted by Crippen LogP contribution is 2.18. The third-order valence-electron chi connectivity index (χ3n) is 14.5. The topological polar surface area (TPSA) is 78.9 Å². The van der Waals surface area contributed by atoms with Gasteiger partial charge in [-0.05, 0) is 57.8 Å². The van der Waals surface area contributed by atoms with Gasteiger partial charge in [0.05, 0.1) is 0 Å². The predicted octanol–water partition coefficient (Wildman–Crippen LogP) is 22.3. The van der Waals surface area contributed by atoms with Crippen LogP contribution in [0.1, 0.15) is 342 Å². The maximum absolute atomic E-state index is 12.9. The molecule has 0 N–H and O–H groups in total. The van der Waals surface area contributed by atoms with Gasteiger partial charge >= 0.3 is 17.9 Å². The van der Waals surface area contributed by atoms with Crippen LogP contribution < -0.4 is 0 Å². The maximum atomic E-state index is 12.9. The molecule has 0 aliphatic rings. The van der Waals surface area contributed by atoms with Gasteiger partial charge in [0.15, 0.2) is 6.10 Å². The van der Waals surface area contributed by atoms with Crippen LogP contribution in [0.25, 0.3) is 0 Å². The Morgan fingerprint density at radius 2 is 0.520 bits per heavy atom. The number of hydrogen-bond donors (Lipinski definition) is 0. The van der Waals surface area contributed by atoms with E-state index in [0.717, 1.165) is 77.0 Å². The molecule has 0 unspecified atom stereocenters. The molecule has 0 radical (unpaired) electrons. The monoisotopic (exact) mass is 1050 g/mol. The summed E-state index contributed by atoms with van der Waals surface area (Å²) in [5.74, 6) is -0.925. The van der Waals surface area contributed by atoms with Gasteiger partial charge in [-0.2, -0.15) is 0 Å². The Bertz CT molecular complexity index is 1340. The molecule has 0 aliphatic carbocycles. The van der Waals surface area contributed by atoms with Crippen LogP contribution in [0.15, 0.2) is 60.8 Å². The normalized spacial score (nSPS) is 12.4. The Labute approximate surface area is 466 Å². The Morgan fingerprint density at radius 3 is 0.813 bits per heavy atom. The van der Waals surface area contributed by atoms with E-state index in [9.17, 15) is 14.4 Å². The second-order valence-electron chi connectivity index (χ2n) is 22.0. The molecule has 0 heterocycles. The Balaban J connectivity index is 4.38. The van der Waals surface area contributed by atoms with Crippen molar-refractivity contribution in [2.45, 2.75) is 348 Å². The quantitative estimate of drug-likeness (QED) is 0.0261. The Hall–Kier alpha value is -2.89. The van der Waals surface area contributed by atoms with E-state index in [0.29, 0.717) is 19.3 Å². The SMILES string of the molecule is CC/C=C\C/C=C\C/C=C\C/C=C\C/C=C\CCCC(=O)OC[C@H](COC(=O)CCCCCCCCCCCCCCCCCCCCCCC)OC(=O)CCCCCCCCCCCCCCCCCCCCC. The Kier molecular flexibility index (Phi) is 61.2. The molecule has 75 heavy (non-hydrogen) atoms. The van der Waals surface area contributed by atoms with Crippen LogP contribution >= 0.6 is 0 Å². The summed E-state index contributed by atoms with van der Waals surface area (Å²) in [7, 11) is 0. The van der Waals surface area contributed by atoms with E-state index in [1.807, 2.05) is 0 Å². The molecular weight excluding hydrogens is 925 g/mol. The molecule has 0 rings (SSSR count). The van der Waals surface area contributed by atoms with Gasteiger partial charge in [0.25, 0.3) is 0 Å². The molecular formula is C69H124O6. The summed E-state index contributed by atoms with van der Waals surface area (Å²) in [4.78, 5) is 38.3. The van der Waals surface area contributed by atoms with Gasteiger partial charge in [-0.15, -0.1) is 0 Å². The molecule has 0 saturated carbocycles. The molecule has 436 valence electrons. The van der Waals surface area contributed by atoms with Gasteiger partial charge < -0.3 is 14.2 Å². The van der Waals surface area contributed by atoms with Crippen molar-refractivity contribution in [3.05, 3.63) is 60.8 Å². The zero-order valence-electron chi connectivity index (χ0n) is 50.1. The summed E-state index contributed by atoms with van der Waals surface area (Å²) in [6, 6.07) is 0. The number of carbonyl (C=O) groups is 3. The fraction of sp³-hybridized carbons (Fsp3) is 0.812. The highest BCUT2D eigenvalue weighted by Gasteiger charge is 2.19. The minimum absolute atomic E-state index is 0.0870. The number of hydrogen-bond acceptors (Lipinski definition) is 6. The number of allylic oxidation sites excluding steroid dienone is 10. The predicted molar refractivity (Wildman–Crippen MR) is 325 cm³/mol. The fourth-order valence-electron chi connectivity index (χ4n) is 9.66. The second kappa shape index (κ2) is 63.6. The van der Waals surface area contributed by atoms with E-state index in [-0.39, 0.29) is 37.5 Å². The molecule has 0 aliphatic heterocycles. The largest absolute Gasteiger partial charge is 0.462 e. The summed E-state index contributed by atoms with van der Waals surface area (Å²) in [5, 5.41) is 0. The third-order valence-corrected chi connectivity index (χ3v) is 14.5. The zero-order chi connectivity index (χ0) is 54.3. The molecule has 1 atom stereocenters. The molecule has 0 saturated heterocycles. The molecule has 0 fully saturated rings. The first kappa shape index (κ1) is 72.1. The van der Waals surface area contributed by atoms with Crippen molar-refractivity contribution in [1.82, 2.24) is 0 Å². The first-order chi connectivity index (χ1) is 37.0. The van der Waals surface area contributed by atoms with Crippen LogP contribution in [0.2, 0.25) is 0 Å². The van der Waals surface area contributed by atoms with Crippen molar-refractivity contribution in [3.63, 3.8) is 0 Å². The summed E-state index contributed by atoms with van der Waals surface area (Å²) in [6.07, 6.45) is 81.0. The van der Waals surface area contributed by atoms with Crippen LogP contribution in [0.4, 0.5) is 0 Å². The number of ether oxygens (including phenoxy) is 3. The number of esters is 3. The highest BCUT2D eigenvalue weighted by atomic mass is 16.6. The molecule has 0 aromatic heterocycles. The van der Waals surface area contributed by atoms with Gasteiger partial charge in [-0.3, -0.25) is 14.4 Å². The molecule has 0 spiro atoms. The van der Waals surface area contributed by atoms with Crippen molar-refractivity contribution in [2.24, 2.45) is 0 Å². The van der Waals surface area contributed by atoms with Gasteiger partial charge in [0.2, 0.25) is 0 Å². The molecule has 6 nitrogen and oxygen atoms in total. The molecule has 0 aromatic carbocycles. The van der Waals surface area contributed by atoms with E-state index in [1.165, 1.54) is 218 Å². The molecule has 0 amide bonds. The van der Waals surface area contributed by atoms with Crippen LogP contribution in [-0.4, -0.2) is 37.2 Å². The van der Waals surface area contributed by atoms with Gasteiger partial charge in [-0.25, -0.2) is 0 Å². The standard InChI is InChI=1S/C69H124O6/c1-4-7-10-13-16-19-22-25-28-31-33-34-36-38-41-44-47-50-53-56-59-62-68(71)74-65-66(64-73-67(70)61-58-55-52-49-46-43-40-37-30-27-24-21-18-15-12-9-6-3)75-69(72)63-60-57-54-51-48-45-42-39-35-32-29-26-23-20-17-14-11-8-5-2/h9,12,18,21,27,30,40,43,49,52,66H,4-8,10-11,13-17,19-20,22-26,28-29,31-39,41-42,44-48,50-51,53-65H2,1-3H3/b12-9-,21-18-,30-27-,43-40-,52-49-/t66-/m1/s1. The first-order valence-electron chi connectivity index (χ1n) is 32.8. The summed E-state index contributed by atoms with van der Waals surface area (Å²) >= 11 is 0. The van der Waals surface area contributed by atoms with Gasteiger partial charge in [-0.1, -0.05) is 326 Å². The second-order valence-corrected chi connectivity index (χ2v) is 22.0. The van der Waals surface area contributed by atoms with E-state index in [4.69, 9.17) is 14.2 Å². The van der Waals surface area contributed by atoms with Crippen molar-refractivity contribution < 1.29 is 28.6 Å².